The third kappa shape index (κ3) is 3.30. The number of nitrogens with one attached hydrogen (secondary N) is 1. The molecule has 2 atom stereocenters. The molecule has 174 valence electrons. The minimum atomic E-state index is -0.603. The Bertz CT molecular complexity index is 1590. The number of hydrogen-bond donors (Lipinski definition) is 1. The van der Waals surface area contributed by atoms with Crippen LogP contribution in [0.5, 0.6) is 0 Å². The van der Waals surface area contributed by atoms with Crippen LogP contribution in [-0.4, -0.2) is 33.3 Å². The first-order valence-electron chi connectivity index (χ1n) is 11.7. The first-order chi connectivity index (χ1) is 16.9. The van der Waals surface area contributed by atoms with Gasteiger partial charge in [0.2, 0.25) is 0 Å². The van der Waals surface area contributed by atoms with Crippen molar-refractivity contribution in [1.82, 2.24) is 15.1 Å². The van der Waals surface area contributed by atoms with Crippen LogP contribution in [-0.2, 0) is 12.8 Å². The first-order valence-corrected chi connectivity index (χ1v) is 11.7. The van der Waals surface area contributed by atoms with Gasteiger partial charge in [-0.3, -0.25) is 14.4 Å². The second-order valence-electron chi connectivity index (χ2n) is 9.26. The zero-order valence-electron chi connectivity index (χ0n) is 19.0. The van der Waals surface area contributed by atoms with Gasteiger partial charge in [-0.2, -0.15) is 5.10 Å². The number of nitrogens with zero attached hydrogens (tertiary/aromatic N) is 2. The molecule has 1 aliphatic heterocycles. The van der Waals surface area contributed by atoms with Crippen molar-refractivity contribution in [1.29, 1.82) is 0 Å². The van der Waals surface area contributed by atoms with Crippen LogP contribution < -0.4 is 5.56 Å². The summed E-state index contributed by atoms with van der Waals surface area (Å²) in [6.07, 6.45) is 0.948. The Morgan fingerprint density at radius 3 is 2.71 bits per heavy atom. The van der Waals surface area contributed by atoms with E-state index in [1.807, 2.05) is 37.3 Å². The molecule has 0 saturated heterocycles. The molecule has 0 bridgehead atoms. The second kappa shape index (κ2) is 7.98. The number of rotatable bonds is 3. The number of halogens is 1. The number of benzene rings is 3. The summed E-state index contributed by atoms with van der Waals surface area (Å²) >= 11 is 0. The lowest BCUT2D eigenvalue weighted by molar-refractivity contribution is 0.0591. The molecule has 3 aromatic carbocycles. The Labute approximate surface area is 200 Å². The first kappa shape index (κ1) is 21.4. The molecule has 0 saturated carbocycles. The Morgan fingerprint density at radius 2 is 1.89 bits per heavy atom. The fraction of sp³-hybridized carbons (Fsp3) is 0.214. The molecule has 1 aromatic heterocycles. The molecule has 1 N–H and O–H groups in total. The van der Waals surface area contributed by atoms with Crippen LogP contribution in [0, 0.1) is 11.7 Å². The highest BCUT2D eigenvalue weighted by molar-refractivity contribution is 6.05. The van der Waals surface area contributed by atoms with Gasteiger partial charge in [-0.15, -0.1) is 0 Å². The number of aromatic amines is 1. The predicted octanol–water partition coefficient (Wildman–Crippen LogP) is 4.23. The quantitative estimate of drug-likeness (QED) is 0.489. The normalized spacial score (nSPS) is 18.7. The van der Waals surface area contributed by atoms with Gasteiger partial charge in [0.05, 0.1) is 22.7 Å². The van der Waals surface area contributed by atoms with Crippen molar-refractivity contribution in [3.8, 4) is 0 Å². The fourth-order valence-electron chi connectivity index (χ4n) is 5.57. The summed E-state index contributed by atoms with van der Waals surface area (Å²) in [6, 6.07) is 17.0. The number of aromatic nitrogens is 2. The molecule has 7 heteroatoms. The molecule has 6 rings (SSSR count). The van der Waals surface area contributed by atoms with Crippen LogP contribution in [0.4, 0.5) is 4.39 Å². The molecule has 0 spiro atoms. The molecule has 1 aliphatic carbocycles. The lowest BCUT2D eigenvalue weighted by Crippen LogP contribution is -2.41. The topological polar surface area (TPSA) is 83.1 Å². The highest BCUT2D eigenvalue weighted by Crippen LogP contribution is 2.45. The molecular weight excluding hydrogens is 445 g/mol. The standard InChI is InChI=1S/C28H22FN3O3/c1-15-25-24-17(5-4-8-20(24)26(15)33)11-12-32(25)28(35)21-13-16(9-10-22(21)29)14-23-18-6-2-3-7-19(18)27(34)31-30-23/h2-10,13,15,25H,11-12,14H2,1H3,(H,31,34). The van der Waals surface area contributed by atoms with E-state index in [2.05, 4.69) is 10.2 Å². The van der Waals surface area contributed by atoms with Crippen LogP contribution in [0.15, 0.2) is 65.5 Å². The average molecular weight is 468 g/mol. The van der Waals surface area contributed by atoms with Gasteiger partial charge in [0.1, 0.15) is 5.82 Å². The Hall–Kier alpha value is -4.13. The van der Waals surface area contributed by atoms with E-state index in [-0.39, 0.29) is 28.9 Å². The molecule has 6 nitrogen and oxygen atoms in total. The molecule has 4 aromatic rings. The van der Waals surface area contributed by atoms with Gasteiger partial charge in [-0.1, -0.05) is 49.4 Å². The number of fused-ring (bicyclic) bond motifs is 1. The zero-order valence-corrected chi connectivity index (χ0v) is 19.0. The number of carbonyl (C=O) groups is 2. The maximum absolute atomic E-state index is 15.0. The predicted molar refractivity (Wildman–Crippen MR) is 129 cm³/mol. The van der Waals surface area contributed by atoms with Crippen LogP contribution in [0.1, 0.15) is 56.1 Å². The van der Waals surface area contributed by atoms with Crippen molar-refractivity contribution in [2.24, 2.45) is 5.92 Å². The van der Waals surface area contributed by atoms with Crippen molar-refractivity contribution >= 4 is 22.5 Å². The van der Waals surface area contributed by atoms with E-state index in [1.165, 1.54) is 6.07 Å². The second-order valence-corrected chi connectivity index (χ2v) is 9.26. The molecule has 2 aliphatic rings. The van der Waals surface area contributed by atoms with E-state index in [1.54, 1.807) is 29.2 Å². The van der Waals surface area contributed by atoms with Crippen LogP contribution in [0.2, 0.25) is 0 Å². The monoisotopic (exact) mass is 467 g/mol. The van der Waals surface area contributed by atoms with E-state index in [0.717, 1.165) is 11.1 Å². The van der Waals surface area contributed by atoms with E-state index in [0.29, 0.717) is 47.0 Å². The zero-order chi connectivity index (χ0) is 24.3. The fourth-order valence-corrected chi connectivity index (χ4v) is 5.57. The molecular formula is C28H22FN3O3. The number of H-pyrrole nitrogens is 1. The summed E-state index contributed by atoms with van der Waals surface area (Å²) in [7, 11) is 0. The maximum atomic E-state index is 15.0. The van der Waals surface area contributed by atoms with Gasteiger partial charge < -0.3 is 4.90 Å². The number of carbonyl (C=O) groups excluding carboxylic acids is 2. The van der Waals surface area contributed by atoms with Gasteiger partial charge in [0, 0.05) is 29.8 Å². The average Bonchev–Trinajstić information content (AvgIpc) is 3.14. The van der Waals surface area contributed by atoms with Gasteiger partial charge in [0.15, 0.2) is 5.78 Å². The van der Waals surface area contributed by atoms with Gasteiger partial charge in [0.25, 0.3) is 11.5 Å². The minimum absolute atomic E-state index is 0.0243. The van der Waals surface area contributed by atoms with Crippen molar-refractivity contribution in [3.63, 3.8) is 0 Å². The summed E-state index contributed by atoms with van der Waals surface area (Å²) in [5, 5.41) is 7.96. The van der Waals surface area contributed by atoms with Gasteiger partial charge in [-0.25, -0.2) is 9.49 Å². The third-order valence-corrected chi connectivity index (χ3v) is 7.27. The van der Waals surface area contributed by atoms with Gasteiger partial charge >= 0.3 is 0 Å². The lowest BCUT2D eigenvalue weighted by Gasteiger charge is -2.37. The van der Waals surface area contributed by atoms with Crippen molar-refractivity contribution in [2.45, 2.75) is 25.8 Å². The summed E-state index contributed by atoms with van der Waals surface area (Å²) in [5.41, 5.74) is 3.70. The molecule has 0 fully saturated rings. The Kier molecular flexibility index (Phi) is 4.88. The maximum Gasteiger partial charge on any atom is 0.272 e. The molecule has 35 heavy (non-hydrogen) atoms. The van der Waals surface area contributed by atoms with Crippen molar-refractivity contribution < 1.29 is 14.0 Å². The largest absolute Gasteiger partial charge is 0.330 e. The van der Waals surface area contributed by atoms with Crippen molar-refractivity contribution in [2.75, 3.05) is 6.54 Å². The van der Waals surface area contributed by atoms with Crippen LogP contribution in [0.25, 0.3) is 10.8 Å². The third-order valence-electron chi connectivity index (χ3n) is 7.27. The Morgan fingerprint density at radius 1 is 1.09 bits per heavy atom. The Balaban J connectivity index is 1.36. The van der Waals surface area contributed by atoms with Crippen LogP contribution in [0.3, 0.4) is 0 Å². The lowest BCUT2D eigenvalue weighted by atomic mass is 9.90. The van der Waals surface area contributed by atoms with E-state index >= 15 is 0 Å². The number of ketones is 1. The van der Waals surface area contributed by atoms with E-state index < -0.39 is 11.7 Å². The summed E-state index contributed by atoms with van der Waals surface area (Å²) in [4.78, 5) is 40.3. The van der Waals surface area contributed by atoms with Crippen molar-refractivity contribution in [3.05, 3.63) is 110 Å². The molecule has 0 radical (unpaired) electrons. The highest BCUT2D eigenvalue weighted by atomic mass is 19.1. The van der Waals surface area contributed by atoms with Crippen LogP contribution >= 0.6 is 0 Å². The number of amides is 1. The highest BCUT2D eigenvalue weighted by Gasteiger charge is 2.45. The van der Waals surface area contributed by atoms with E-state index in [4.69, 9.17) is 0 Å². The summed E-state index contributed by atoms with van der Waals surface area (Å²) in [5.74, 6) is -1.38. The summed E-state index contributed by atoms with van der Waals surface area (Å²) < 4.78 is 15.0. The summed E-state index contributed by atoms with van der Waals surface area (Å²) in [6.45, 7) is 2.26. The smallest absolute Gasteiger partial charge is 0.272 e. The SMILES string of the molecule is CC1C(=O)c2cccc3c2C1N(C(=O)c1cc(Cc2n[nH]c(=O)c4ccccc24)ccc1F)CC3. The molecule has 1 amide bonds. The number of hydrogen-bond acceptors (Lipinski definition) is 4. The number of Topliss-reactive ketones (excluding diaryl/α,β-unsaturated/α-hetero) is 1. The molecule has 2 heterocycles. The molecule has 2 unspecified atom stereocenters. The van der Waals surface area contributed by atoms with Gasteiger partial charge in [-0.05, 0) is 41.3 Å². The van der Waals surface area contributed by atoms with E-state index in [9.17, 15) is 18.8 Å². The minimum Gasteiger partial charge on any atom is -0.330 e.